The van der Waals surface area contributed by atoms with Gasteiger partial charge >= 0.3 is 0 Å². The van der Waals surface area contributed by atoms with Crippen molar-refractivity contribution in [3.63, 3.8) is 0 Å². The van der Waals surface area contributed by atoms with E-state index in [2.05, 4.69) is 42.7 Å². The minimum absolute atomic E-state index is 0. The molecule has 2 rings (SSSR count). The summed E-state index contributed by atoms with van der Waals surface area (Å²) >= 11 is 0. The van der Waals surface area contributed by atoms with Crippen LogP contribution in [0.1, 0.15) is 42.4 Å². The van der Waals surface area contributed by atoms with Crippen LogP contribution < -0.4 is 10.6 Å². The number of hydrogen-bond donors (Lipinski definition) is 2. The van der Waals surface area contributed by atoms with E-state index in [1.165, 1.54) is 42.4 Å². The molecule has 25 heavy (non-hydrogen) atoms. The first-order valence-corrected chi connectivity index (χ1v) is 8.77. The van der Waals surface area contributed by atoms with E-state index >= 15 is 0 Å². The number of halogens is 1. The van der Waals surface area contributed by atoms with Crippen molar-refractivity contribution >= 4 is 35.8 Å². The lowest BCUT2D eigenvalue weighted by Crippen LogP contribution is -2.46. The second-order valence-electron chi connectivity index (χ2n) is 6.86. The number of benzene rings is 1. The monoisotopic (exact) mass is 458 g/mol. The van der Waals surface area contributed by atoms with Crippen molar-refractivity contribution in [2.24, 2.45) is 4.99 Å². The highest BCUT2D eigenvalue weighted by atomic mass is 127. The predicted molar refractivity (Wildman–Crippen MR) is 115 cm³/mol. The lowest BCUT2D eigenvalue weighted by molar-refractivity contribution is -0.127. The molecule has 0 aliphatic heterocycles. The molecule has 1 aromatic rings. The number of rotatable bonds is 5. The molecule has 1 aromatic carbocycles. The Labute approximate surface area is 168 Å². The molecule has 140 valence electrons. The summed E-state index contributed by atoms with van der Waals surface area (Å²) in [7, 11) is 3.53. The SMILES string of the molecule is Cc1ccc(CN=C(NCC(=O)N(C)C)NC2CCCC2)c(C)c1.I. The Morgan fingerprint density at radius 1 is 1.24 bits per heavy atom. The number of guanidine groups is 1. The maximum absolute atomic E-state index is 11.8. The molecule has 1 aliphatic carbocycles. The van der Waals surface area contributed by atoms with E-state index < -0.39 is 0 Å². The molecular formula is C19H31IN4O. The standard InChI is InChI=1S/C19H30N4O.HI/c1-14-9-10-16(15(2)11-14)12-20-19(21-13-18(24)23(3)4)22-17-7-5-6-8-17;/h9-11,17H,5-8,12-13H2,1-4H3,(H2,20,21,22);1H. The van der Waals surface area contributed by atoms with Crippen LogP contribution in [0.2, 0.25) is 0 Å². The number of hydrogen-bond acceptors (Lipinski definition) is 2. The fourth-order valence-electron chi connectivity index (χ4n) is 2.92. The topological polar surface area (TPSA) is 56.7 Å². The molecule has 2 N–H and O–H groups in total. The van der Waals surface area contributed by atoms with E-state index in [1.54, 1.807) is 19.0 Å². The fraction of sp³-hybridized carbons (Fsp3) is 0.579. The summed E-state index contributed by atoms with van der Waals surface area (Å²) < 4.78 is 0. The molecule has 0 aromatic heterocycles. The van der Waals surface area contributed by atoms with Crippen LogP contribution in [-0.2, 0) is 11.3 Å². The zero-order valence-electron chi connectivity index (χ0n) is 15.8. The van der Waals surface area contributed by atoms with Crippen LogP contribution in [0.3, 0.4) is 0 Å². The van der Waals surface area contributed by atoms with Crippen LogP contribution in [0.15, 0.2) is 23.2 Å². The van der Waals surface area contributed by atoms with E-state index in [9.17, 15) is 4.79 Å². The van der Waals surface area contributed by atoms with Gasteiger partial charge in [-0.05, 0) is 37.8 Å². The van der Waals surface area contributed by atoms with Crippen molar-refractivity contribution in [2.75, 3.05) is 20.6 Å². The molecule has 0 saturated heterocycles. The first kappa shape index (κ1) is 21.7. The van der Waals surface area contributed by atoms with E-state index in [-0.39, 0.29) is 36.4 Å². The zero-order chi connectivity index (χ0) is 17.5. The minimum Gasteiger partial charge on any atom is -0.354 e. The van der Waals surface area contributed by atoms with Gasteiger partial charge in [-0.1, -0.05) is 36.6 Å². The van der Waals surface area contributed by atoms with Crippen molar-refractivity contribution in [1.82, 2.24) is 15.5 Å². The molecule has 0 atom stereocenters. The molecule has 0 heterocycles. The Kier molecular flexibility index (Phi) is 9.24. The number of carbonyl (C=O) groups excluding carboxylic acids is 1. The lowest BCUT2D eigenvalue weighted by Gasteiger charge is -2.18. The third kappa shape index (κ3) is 7.22. The highest BCUT2D eigenvalue weighted by Crippen LogP contribution is 2.17. The Balaban J connectivity index is 0.00000312. The number of aryl methyl sites for hydroxylation is 2. The van der Waals surface area contributed by atoms with Gasteiger partial charge in [0.2, 0.25) is 5.91 Å². The first-order chi connectivity index (χ1) is 11.5. The Morgan fingerprint density at radius 3 is 2.52 bits per heavy atom. The molecule has 1 amide bonds. The molecule has 1 saturated carbocycles. The number of likely N-dealkylation sites (N-methyl/N-ethyl adjacent to an activating group) is 1. The van der Waals surface area contributed by atoms with Gasteiger partial charge in [-0.2, -0.15) is 0 Å². The van der Waals surface area contributed by atoms with Gasteiger partial charge in [0, 0.05) is 20.1 Å². The van der Waals surface area contributed by atoms with E-state index in [1.807, 2.05) is 0 Å². The smallest absolute Gasteiger partial charge is 0.241 e. The van der Waals surface area contributed by atoms with E-state index in [0.717, 1.165) is 5.96 Å². The Morgan fingerprint density at radius 2 is 1.92 bits per heavy atom. The Bertz CT molecular complexity index is 595. The van der Waals surface area contributed by atoms with Crippen molar-refractivity contribution in [3.05, 3.63) is 34.9 Å². The highest BCUT2D eigenvalue weighted by Gasteiger charge is 2.16. The summed E-state index contributed by atoms with van der Waals surface area (Å²) in [4.78, 5) is 18.1. The van der Waals surface area contributed by atoms with Gasteiger partial charge in [0.1, 0.15) is 0 Å². The largest absolute Gasteiger partial charge is 0.354 e. The van der Waals surface area contributed by atoms with Gasteiger partial charge in [0.05, 0.1) is 13.1 Å². The maximum Gasteiger partial charge on any atom is 0.241 e. The van der Waals surface area contributed by atoms with Crippen LogP contribution in [0.4, 0.5) is 0 Å². The second-order valence-corrected chi connectivity index (χ2v) is 6.86. The van der Waals surface area contributed by atoms with Crippen molar-refractivity contribution < 1.29 is 4.79 Å². The number of amides is 1. The highest BCUT2D eigenvalue weighted by molar-refractivity contribution is 14.0. The summed E-state index contributed by atoms with van der Waals surface area (Å²) in [6.45, 7) is 5.09. The van der Waals surface area contributed by atoms with Gasteiger partial charge in [0.25, 0.3) is 0 Å². The fourth-order valence-corrected chi connectivity index (χ4v) is 2.92. The quantitative estimate of drug-likeness (QED) is 0.405. The van der Waals surface area contributed by atoms with Crippen LogP contribution in [0.25, 0.3) is 0 Å². The first-order valence-electron chi connectivity index (χ1n) is 8.77. The average molecular weight is 458 g/mol. The van der Waals surface area contributed by atoms with E-state index in [0.29, 0.717) is 12.6 Å². The normalized spacial score (nSPS) is 14.8. The third-order valence-electron chi connectivity index (χ3n) is 4.51. The third-order valence-corrected chi connectivity index (χ3v) is 4.51. The van der Waals surface area contributed by atoms with Crippen LogP contribution in [0, 0.1) is 13.8 Å². The van der Waals surface area contributed by atoms with E-state index in [4.69, 9.17) is 4.99 Å². The summed E-state index contributed by atoms with van der Waals surface area (Å²) in [6.07, 6.45) is 4.87. The van der Waals surface area contributed by atoms with Crippen LogP contribution in [-0.4, -0.2) is 43.4 Å². The summed E-state index contributed by atoms with van der Waals surface area (Å²) in [5.74, 6) is 0.777. The Hall–Kier alpha value is -1.31. The number of aliphatic imine (C=N–C) groups is 1. The molecule has 0 unspecified atom stereocenters. The zero-order valence-corrected chi connectivity index (χ0v) is 18.1. The van der Waals surface area contributed by atoms with Crippen LogP contribution in [0.5, 0.6) is 0 Å². The number of nitrogens with one attached hydrogen (secondary N) is 2. The minimum atomic E-state index is 0. The molecule has 5 nitrogen and oxygen atoms in total. The van der Waals surface area contributed by atoms with Crippen LogP contribution >= 0.6 is 24.0 Å². The lowest BCUT2D eigenvalue weighted by atomic mass is 10.1. The molecular weight excluding hydrogens is 427 g/mol. The summed E-state index contributed by atoms with van der Waals surface area (Å²) in [6, 6.07) is 6.89. The van der Waals surface area contributed by atoms with Crippen molar-refractivity contribution in [1.29, 1.82) is 0 Å². The van der Waals surface area contributed by atoms with Crippen molar-refractivity contribution in [2.45, 2.75) is 52.1 Å². The van der Waals surface area contributed by atoms with Gasteiger partial charge < -0.3 is 15.5 Å². The summed E-state index contributed by atoms with van der Waals surface area (Å²) in [5.41, 5.74) is 3.73. The maximum atomic E-state index is 11.8. The second kappa shape index (κ2) is 10.6. The van der Waals surface area contributed by atoms with Gasteiger partial charge in [0.15, 0.2) is 5.96 Å². The molecule has 6 heteroatoms. The molecule has 0 radical (unpaired) electrons. The average Bonchev–Trinajstić information content (AvgIpc) is 3.03. The molecule has 1 aliphatic rings. The molecule has 0 bridgehead atoms. The molecule has 1 fully saturated rings. The van der Waals surface area contributed by atoms with Gasteiger partial charge in [-0.25, -0.2) is 4.99 Å². The predicted octanol–water partition coefficient (Wildman–Crippen LogP) is 2.99. The number of nitrogens with zero attached hydrogens (tertiary/aromatic N) is 2. The summed E-state index contributed by atoms with van der Waals surface area (Å²) in [5, 5.41) is 6.66. The number of carbonyl (C=O) groups is 1. The van der Waals surface area contributed by atoms with Crippen molar-refractivity contribution in [3.8, 4) is 0 Å². The molecule has 0 spiro atoms. The van der Waals surface area contributed by atoms with Gasteiger partial charge in [-0.15, -0.1) is 24.0 Å². The van der Waals surface area contributed by atoms with Gasteiger partial charge in [-0.3, -0.25) is 4.79 Å².